The van der Waals surface area contributed by atoms with Gasteiger partial charge in [-0.25, -0.2) is 0 Å². The average Bonchev–Trinajstić information content (AvgIpc) is 3.49. The van der Waals surface area contributed by atoms with Gasteiger partial charge in [0.1, 0.15) is 24.7 Å². The van der Waals surface area contributed by atoms with E-state index in [1.807, 2.05) is 36.4 Å². The lowest BCUT2D eigenvalue weighted by molar-refractivity contribution is 0.0706. The smallest absolute Gasteiger partial charge is 0.127 e. The summed E-state index contributed by atoms with van der Waals surface area (Å²) in [6, 6.07) is 51.0. The quantitative estimate of drug-likeness (QED) is 0.101. The molecule has 0 heterocycles. The average molecular weight is 679 g/mol. The summed E-state index contributed by atoms with van der Waals surface area (Å²) in [5.74, 6) is 1.51. The van der Waals surface area contributed by atoms with Crippen molar-refractivity contribution in [1.82, 2.24) is 0 Å². The molecule has 6 aromatic rings. The highest BCUT2D eigenvalue weighted by molar-refractivity contribution is 5.87. The highest BCUT2D eigenvalue weighted by atomic mass is 16.5. The fourth-order valence-corrected chi connectivity index (χ4v) is 7.24. The highest BCUT2D eigenvalue weighted by Gasteiger charge is 2.46. The lowest BCUT2D eigenvalue weighted by Gasteiger charge is -2.35. The molecule has 0 radical (unpaired) electrons. The van der Waals surface area contributed by atoms with Crippen molar-refractivity contribution in [2.24, 2.45) is 0 Å². The van der Waals surface area contributed by atoms with Crippen LogP contribution in [0.15, 0.2) is 146 Å². The second kappa shape index (κ2) is 16.2. The van der Waals surface area contributed by atoms with Gasteiger partial charge >= 0.3 is 0 Å². The minimum Gasteiger partial charge on any atom is -0.491 e. The molecule has 6 nitrogen and oxygen atoms in total. The standard InChI is InChI=1S/C45H42O6/c46-23-25-48-27-29-50-43-31-35(19-21-37(43)33-11-3-1-4-12-33)45(41-17-9-7-15-39(41)40-16-8-10-18-42(40)45)36-20-22-38(34-13-5-2-6-14-34)44(32-36)51-30-28-49-26-24-47/h1-22,31-32,46-47H,23-30H2. The van der Waals surface area contributed by atoms with E-state index in [9.17, 15) is 10.2 Å². The van der Waals surface area contributed by atoms with Crippen LogP contribution in [0.5, 0.6) is 11.5 Å². The van der Waals surface area contributed by atoms with Crippen molar-refractivity contribution < 1.29 is 29.2 Å². The summed E-state index contributed by atoms with van der Waals surface area (Å²) in [5, 5.41) is 18.4. The maximum Gasteiger partial charge on any atom is 0.127 e. The van der Waals surface area contributed by atoms with Crippen LogP contribution in [-0.2, 0) is 14.9 Å². The number of hydrogen-bond acceptors (Lipinski definition) is 6. The molecule has 0 unspecified atom stereocenters. The largest absolute Gasteiger partial charge is 0.491 e. The van der Waals surface area contributed by atoms with Crippen LogP contribution in [0.25, 0.3) is 33.4 Å². The summed E-state index contributed by atoms with van der Waals surface area (Å²) in [4.78, 5) is 0. The zero-order valence-corrected chi connectivity index (χ0v) is 28.5. The van der Waals surface area contributed by atoms with Gasteiger partial charge in [0.2, 0.25) is 0 Å². The molecule has 258 valence electrons. The minimum absolute atomic E-state index is 0.0312. The fourth-order valence-electron chi connectivity index (χ4n) is 7.24. The Kier molecular flexibility index (Phi) is 10.9. The monoisotopic (exact) mass is 678 g/mol. The van der Waals surface area contributed by atoms with Gasteiger partial charge < -0.3 is 29.2 Å². The third-order valence-corrected chi connectivity index (χ3v) is 9.39. The van der Waals surface area contributed by atoms with E-state index in [1.54, 1.807) is 0 Å². The molecule has 0 atom stereocenters. The van der Waals surface area contributed by atoms with Crippen LogP contribution in [0.2, 0.25) is 0 Å². The molecule has 1 aliphatic carbocycles. The Hall–Kier alpha value is -5.24. The van der Waals surface area contributed by atoms with Crippen LogP contribution < -0.4 is 9.47 Å². The van der Waals surface area contributed by atoms with Crippen molar-refractivity contribution in [2.45, 2.75) is 5.41 Å². The van der Waals surface area contributed by atoms with Gasteiger partial charge in [-0.3, -0.25) is 0 Å². The van der Waals surface area contributed by atoms with Crippen LogP contribution in [-0.4, -0.2) is 63.1 Å². The number of fused-ring (bicyclic) bond motifs is 3. The number of hydrogen-bond donors (Lipinski definition) is 2. The van der Waals surface area contributed by atoms with E-state index in [-0.39, 0.29) is 26.4 Å². The third kappa shape index (κ3) is 6.92. The fraction of sp³-hybridized carbons (Fsp3) is 0.200. The molecule has 0 amide bonds. The van der Waals surface area contributed by atoms with E-state index in [4.69, 9.17) is 18.9 Å². The molecule has 0 saturated heterocycles. The Bertz CT molecular complexity index is 1890. The summed E-state index contributed by atoms with van der Waals surface area (Å²) in [5.41, 5.74) is 10.3. The van der Waals surface area contributed by atoms with Crippen molar-refractivity contribution in [3.8, 4) is 44.9 Å². The van der Waals surface area contributed by atoms with Gasteiger partial charge in [-0.15, -0.1) is 0 Å². The van der Waals surface area contributed by atoms with Gasteiger partial charge in [0.15, 0.2) is 0 Å². The summed E-state index contributed by atoms with van der Waals surface area (Å²) in [6.45, 7) is 1.87. The molecule has 0 bridgehead atoms. The Balaban J connectivity index is 1.43. The predicted molar refractivity (Wildman–Crippen MR) is 201 cm³/mol. The zero-order valence-electron chi connectivity index (χ0n) is 28.5. The number of ether oxygens (including phenoxy) is 4. The third-order valence-electron chi connectivity index (χ3n) is 9.39. The second-order valence-electron chi connectivity index (χ2n) is 12.4. The lowest BCUT2D eigenvalue weighted by Crippen LogP contribution is -2.29. The van der Waals surface area contributed by atoms with E-state index >= 15 is 0 Å². The van der Waals surface area contributed by atoms with Gasteiger partial charge in [0.25, 0.3) is 0 Å². The molecule has 2 N–H and O–H groups in total. The Morgan fingerprint density at radius 1 is 0.392 bits per heavy atom. The first-order valence-corrected chi connectivity index (χ1v) is 17.5. The summed E-state index contributed by atoms with van der Waals surface area (Å²) >= 11 is 0. The summed E-state index contributed by atoms with van der Waals surface area (Å²) < 4.78 is 24.2. The number of aliphatic hydroxyl groups excluding tert-OH is 2. The van der Waals surface area contributed by atoms with Gasteiger partial charge in [-0.1, -0.05) is 133 Å². The first-order chi connectivity index (χ1) is 25.3. The normalized spacial score (nSPS) is 12.7. The SMILES string of the molecule is OCCOCCOc1cc(C2(c3ccc(-c4ccccc4)c(OCCOCCO)c3)c3ccccc3-c3ccccc32)ccc1-c1ccccc1. The Labute approximate surface area is 299 Å². The first kappa shape index (κ1) is 34.2. The van der Waals surface area contributed by atoms with Gasteiger partial charge in [-0.05, 0) is 56.6 Å². The van der Waals surface area contributed by atoms with E-state index in [0.29, 0.717) is 26.4 Å². The number of rotatable bonds is 16. The zero-order chi connectivity index (χ0) is 34.9. The first-order valence-electron chi connectivity index (χ1n) is 17.5. The Morgan fingerprint density at radius 2 is 0.804 bits per heavy atom. The Morgan fingerprint density at radius 3 is 1.24 bits per heavy atom. The molecule has 51 heavy (non-hydrogen) atoms. The topological polar surface area (TPSA) is 77.4 Å². The molecule has 0 spiro atoms. The van der Waals surface area contributed by atoms with Crippen LogP contribution >= 0.6 is 0 Å². The van der Waals surface area contributed by atoms with Crippen molar-refractivity contribution in [3.05, 3.63) is 168 Å². The number of benzene rings is 6. The van der Waals surface area contributed by atoms with Crippen molar-refractivity contribution >= 4 is 0 Å². The molecule has 6 heteroatoms. The minimum atomic E-state index is -0.700. The van der Waals surface area contributed by atoms with Gasteiger partial charge in [0.05, 0.1) is 45.1 Å². The molecule has 0 aromatic heterocycles. The van der Waals surface area contributed by atoms with E-state index in [1.165, 1.54) is 22.3 Å². The van der Waals surface area contributed by atoms with Crippen molar-refractivity contribution in [2.75, 3.05) is 52.9 Å². The molecule has 0 saturated carbocycles. The number of aliphatic hydroxyl groups is 2. The van der Waals surface area contributed by atoms with E-state index < -0.39 is 5.41 Å². The van der Waals surface area contributed by atoms with Crippen LogP contribution in [0.3, 0.4) is 0 Å². The van der Waals surface area contributed by atoms with Crippen LogP contribution in [0, 0.1) is 0 Å². The molecular formula is C45H42O6. The van der Waals surface area contributed by atoms with Crippen LogP contribution in [0.1, 0.15) is 22.3 Å². The molecule has 6 aromatic carbocycles. The van der Waals surface area contributed by atoms with E-state index in [2.05, 4.69) is 109 Å². The van der Waals surface area contributed by atoms with Crippen molar-refractivity contribution in [1.29, 1.82) is 0 Å². The summed E-state index contributed by atoms with van der Waals surface area (Å²) in [6.07, 6.45) is 0. The van der Waals surface area contributed by atoms with Crippen LogP contribution in [0.4, 0.5) is 0 Å². The predicted octanol–water partition coefficient (Wildman–Crippen LogP) is 8.16. The molecule has 1 aliphatic rings. The molecule has 0 fully saturated rings. The molecular weight excluding hydrogens is 636 g/mol. The van der Waals surface area contributed by atoms with E-state index in [0.717, 1.165) is 44.9 Å². The van der Waals surface area contributed by atoms with Gasteiger partial charge in [0, 0.05) is 11.1 Å². The van der Waals surface area contributed by atoms with Gasteiger partial charge in [-0.2, -0.15) is 0 Å². The lowest BCUT2D eigenvalue weighted by atomic mass is 9.67. The second-order valence-corrected chi connectivity index (χ2v) is 12.4. The maximum absolute atomic E-state index is 9.22. The molecule has 7 rings (SSSR count). The highest BCUT2D eigenvalue weighted by Crippen LogP contribution is 2.57. The molecule has 0 aliphatic heterocycles. The van der Waals surface area contributed by atoms with Crippen molar-refractivity contribution in [3.63, 3.8) is 0 Å². The summed E-state index contributed by atoms with van der Waals surface area (Å²) in [7, 11) is 0. The maximum atomic E-state index is 9.22.